The first-order chi connectivity index (χ1) is 14.0. The molecule has 0 bridgehead atoms. The number of pyridine rings is 1. The third-order valence-electron chi connectivity index (χ3n) is 4.27. The van der Waals surface area contributed by atoms with Gasteiger partial charge in [0.2, 0.25) is 11.8 Å². The topological polar surface area (TPSA) is 60.5 Å². The van der Waals surface area contributed by atoms with Crippen molar-refractivity contribution < 1.29 is 18.7 Å². The van der Waals surface area contributed by atoms with E-state index >= 15 is 0 Å². The summed E-state index contributed by atoms with van der Waals surface area (Å²) in [4.78, 5) is 16.4. The first-order valence-corrected chi connectivity index (χ1v) is 9.35. The fourth-order valence-electron chi connectivity index (χ4n) is 2.69. The van der Waals surface area contributed by atoms with Crippen LogP contribution in [-0.4, -0.2) is 17.5 Å². The predicted octanol–water partition coefficient (Wildman–Crippen LogP) is 4.72. The molecule has 29 heavy (non-hydrogen) atoms. The summed E-state index contributed by atoms with van der Waals surface area (Å²) < 4.78 is 24.7. The number of hydrogen-bond donors (Lipinski definition) is 1. The highest BCUT2D eigenvalue weighted by Gasteiger charge is 2.09. The smallest absolute Gasteiger partial charge is 0.224 e. The van der Waals surface area contributed by atoms with Crippen LogP contribution in [0.4, 0.5) is 4.39 Å². The molecule has 1 amide bonds. The molecule has 0 aliphatic rings. The molecular weight excluding hydrogens is 371 g/mol. The highest BCUT2D eigenvalue weighted by molar-refractivity contribution is 5.76. The second-order valence-electron chi connectivity index (χ2n) is 6.67. The Labute approximate surface area is 169 Å². The maximum absolute atomic E-state index is 13.3. The van der Waals surface area contributed by atoms with Gasteiger partial charge in [0.15, 0.2) is 0 Å². The average molecular weight is 394 g/mol. The first kappa shape index (κ1) is 20.3. The van der Waals surface area contributed by atoms with Crippen molar-refractivity contribution in [2.24, 2.45) is 0 Å². The van der Waals surface area contributed by atoms with Crippen molar-refractivity contribution in [2.75, 3.05) is 6.61 Å². The Morgan fingerprint density at radius 1 is 1.10 bits per heavy atom. The SMILES string of the molecule is Cc1ccc(C)c(OCCC(=O)NCc2cccnc2Oc2cccc(F)c2)c1. The fourth-order valence-corrected chi connectivity index (χ4v) is 2.69. The Kier molecular flexibility index (Phi) is 6.79. The minimum Gasteiger partial charge on any atom is -0.493 e. The van der Waals surface area contributed by atoms with Gasteiger partial charge in [-0.1, -0.05) is 24.3 Å². The van der Waals surface area contributed by atoms with E-state index in [-0.39, 0.29) is 25.5 Å². The van der Waals surface area contributed by atoms with Crippen LogP contribution in [0.1, 0.15) is 23.1 Å². The summed E-state index contributed by atoms with van der Waals surface area (Å²) in [5.41, 5.74) is 2.84. The van der Waals surface area contributed by atoms with E-state index in [1.165, 1.54) is 12.1 Å². The van der Waals surface area contributed by atoms with Crippen LogP contribution in [0, 0.1) is 19.7 Å². The maximum Gasteiger partial charge on any atom is 0.224 e. The van der Waals surface area contributed by atoms with Gasteiger partial charge in [0.25, 0.3) is 0 Å². The van der Waals surface area contributed by atoms with Crippen LogP contribution in [0.25, 0.3) is 0 Å². The lowest BCUT2D eigenvalue weighted by Gasteiger charge is -2.12. The zero-order valence-corrected chi connectivity index (χ0v) is 16.4. The summed E-state index contributed by atoms with van der Waals surface area (Å²) in [5, 5.41) is 2.84. The summed E-state index contributed by atoms with van der Waals surface area (Å²) in [5.74, 6) is 0.923. The van der Waals surface area contributed by atoms with Crippen molar-refractivity contribution in [1.29, 1.82) is 0 Å². The Morgan fingerprint density at radius 3 is 2.79 bits per heavy atom. The van der Waals surface area contributed by atoms with Gasteiger partial charge in [-0.25, -0.2) is 9.37 Å². The largest absolute Gasteiger partial charge is 0.493 e. The highest BCUT2D eigenvalue weighted by Crippen LogP contribution is 2.23. The maximum atomic E-state index is 13.3. The van der Waals surface area contributed by atoms with Crippen LogP contribution in [0.2, 0.25) is 0 Å². The van der Waals surface area contributed by atoms with E-state index in [1.807, 2.05) is 32.0 Å². The van der Waals surface area contributed by atoms with Gasteiger partial charge in [0.05, 0.1) is 13.0 Å². The van der Waals surface area contributed by atoms with Crippen molar-refractivity contribution in [3.8, 4) is 17.4 Å². The van der Waals surface area contributed by atoms with E-state index in [1.54, 1.807) is 30.5 Å². The van der Waals surface area contributed by atoms with Gasteiger partial charge in [-0.2, -0.15) is 0 Å². The van der Waals surface area contributed by atoms with Gasteiger partial charge in [0.1, 0.15) is 17.3 Å². The molecule has 3 aromatic rings. The van der Waals surface area contributed by atoms with Crippen LogP contribution >= 0.6 is 0 Å². The molecule has 0 saturated heterocycles. The second kappa shape index (κ2) is 9.68. The number of amides is 1. The lowest BCUT2D eigenvalue weighted by Crippen LogP contribution is -2.24. The summed E-state index contributed by atoms with van der Waals surface area (Å²) >= 11 is 0. The summed E-state index contributed by atoms with van der Waals surface area (Å²) in [6.45, 7) is 4.50. The van der Waals surface area contributed by atoms with Crippen molar-refractivity contribution in [2.45, 2.75) is 26.8 Å². The van der Waals surface area contributed by atoms with Gasteiger partial charge in [0, 0.05) is 24.4 Å². The molecule has 6 heteroatoms. The number of hydrogen-bond acceptors (Lipinski definition) is 4. The third-order valence-corrected chi connectivity index (χ3v) is 4.27. The van der Waals surface area contributed by atoms with Gasteiger partial charge >= 0.3 is 0 Å². The molecule has 1 aromatic heterocycles. The van der Waals surface area contributed by atoms with Crippen LogP contribution in [0.5, 0.6) is 17.4 Å². The van der Waals surface area contributed by atoms with Crippen LogP contribution < -0.4 is 14.8 Å². The van der Waals surface area contributed by atoms with Gasteiger partial charge in [-0.3, -0.25) is 4.79 Å². The minimum atomic E-state index is -0.392. The molecule has 0 radical (unpaired) electrons. The Balaban J connectivity index is 1.52. The van der Waals surface area contributed by atoms with E-state index in [2.05, 4.69) is 10.3 Å². The molecule has 0 aliphatic heterocycles. The van der Waals surface area contributed by atoms with E-state index in [0.29, 0.717) is 17.2 Å². The fraction of sp³-hybridized carbons (Fsp3) is 0.217. The van der Waals surface area contributed by atoms with E-state index in [0.717, 1.165) is 16.9 Å². The van der Waals surface area contributed by atoms with E-state index < -0.39 is 5.82 Å². The predicted molar refractivity (Wildman–Crippen MR) is 109 cm³/mol. The van der Waals surface area contributed by atoms with E-state index in [4.69, 9.17) is 9.47 Å². The lowest BCUT2D eigenvalue weighted by molar-refractivity contribution is -0.121. The Bertz CT molecular complexity index is 991. The highest BCUT2D eigenvalue weighted by atomic mass is 19.1. The van der Waals surface area contributed by atoms with Crippen LogP contribution in [-0.2, 0) is 11.3 Å². The molecule has 5 nitrogen and oxygen atoms in total. The molecule has 0 spiro atoms. The first-order valence-electron chi connectivity index (χ1n) is 9.35. The number of nitrogens with one attached hydrogen (secondary N) is 1. The number of carbonyl (C=O) groups excluding carboxylic acids is 1. The third kappa shape index (κ3) is 6.04. The Hall–Kier alpha value is -3.41. The number of ether oxygens (including phenoxy) is 2. The normalized spacial score (nSPS) is 10.4. The average Bonchev–Trinajstić information content (AvgIpc) is 2.70. The zero-order chi connectivity index (χ0) is 20.6. The summed E-state index contributed by atoms with van der Waals surface area (Å²) in [7, 11) is 0. The number of carbonyl (C=O) groups is 1. The van der Waals surface area contributed by atoms with E-state index in [9.17, 15) is 9.18 Å². The van der Waals surface area contributed by atoms with Crippen molar-refractivity contribution in [1.82, 2.24) is 10.3 Å². The molecule has 0 unspecified atom stereocenters. The number of halogens is 1. The quantitative estimate of drug-likeness (QED) is 0.601. The number of nitrogens with zero attached hydrogens (tertiary/aromatic N) is 1. The van der Waals surface area contributed by atoms with Gasteiger partial charge in [-0.15, -0.1) is 0 Å². The van der Waals surface area contributed by atoms with Gasteiger partial charge in [-0.05, 0) is 49.2 Å². The molecule has 0 atom stereocenters. The Morgan fingerprint density at radius 2 is 1.97 bits per heavy atom. The van der Waals surface area contributed by atoms with Crippen LogP contribution in [0.15, 0.2) is 60.8 Å². The molecule has 0 fully saturated rings. The second-order valence-corrected chi connectivity index (χ2v) is 6.67. The van der Waals surface area contributed by atoms with Gasteiger partial charge < -0.3 is 14.8 Å². The number of rotatable bonds is 8. The molecule has 1 N–H and O–H groups in total. The molecule has 2 aromatic carbocycles. The van der Waals surface area contributed by atoms with Crippen molar-refractivity contribution in [3.05, 3.63) is 83.3 Å². The number of benzene rings is 2. The summed E-state index contributed by atoms with van der Waals surface area (Å²) in [6.07, 6.45) is 1.81. The summed E-state index contributed by atoms with van der Waals surface area (Å²) in [6, 6.07) is 15.3. The lowest BCUT2D eigenvalue weighted by atomic mass is 10.1. The monoisotopic (exact) mass is 394 g/mol. The molecule has 150 valence electrons. The molecule has 3 rings (SSSR count). The molecule has 0 aliphatic carbocycles. The molecule has 0 saturated carbocycles. The zero-order valence-electron chi connectivity index (χ0n) is 16.4. The minimum absolute atomic E-state index is 0.143. The molecule has 1 heterocycles. The number of aromatic nitrogens is 1. The molecular formula is C23H23FN2O3. The number of aryl methyl sites for hydroxylation is 2. The van der Waals surface area contributed by atoms with Crippen molar-refractivity contribution >= 4 is 5.91 Å². The van der Waals surface area contributed by atoms with Crippen molar-refractivity contribution in [3.63, 3.8) is 0 Å². The standard InChI is InChI=1S/C23H23FN2O3/c1-16-8-9-17(2)21(13-16)28-12-10-22(27)26-15-18-5-4-11-25-23(18)29-20-7-3-6-19(24)14-20/h3-9,11,13-14H,10,12,15H2,1-2H3,(H,26,27). The van der Waals surface area contributed by atoms with Crippen LogP contribution in [0.3, 0.4) is 0 Å².